The fourth-order valence-corrected chi connectivity index (χ4v) is 5.64. The van der Waals surface area contributed by atoms with Crippen LogP contribution in [0.1, 0.15) is 38.2 Å². The van der Waals surface area contributed by atoms with Gasteiger partial charge in [0.2, 0.25) is 5.91 Å². The zero-order valence-electron chi connectivity index (χ0n) is 20.2. The Balaban J connectivity index is 1.26. The molecule has 0 aliphatic carbocycles. The number of nitrogens with zero attached hydrogens (tertiary/aromatic N) is 8. The first-order chi connectivity index (χ1) is 17.6. The predicted octanol–water partition coefficient (Wildman–Crippen LogP) is 4.83. The molecule has 0 unspecified atom stereocenters. The Morgan fingerprint density at radius 2 is 1.81 bits per heavy atom. The molecule has 1 aliphatic rings. The summed E-state index contributed by atoms with van der Waals surface area (Å²) in [7, 11) is 0. The van der Waals surface area contributed by atoms with Crippen LogP contribution in [0.4, 0.5) is 16.6 Å². The van der Waals surface area contributed by atoms with Crippen LogP contribution in [0.25, 0.3) is 15.9 Å². The van der Waals surface area contributed by atoms with E-state index in [1.807, 2.05) is 53.4 Å². The first-order valence-electron chi connectivity index (χ1n) is 12.2. The standard InChI is InChI=1S/C26H26N8OS/c1-17(2)18-7-9-20(10-8-18)33(26-27-21-5-3-4-6-22(21)36-26)25(35)19-13-15-32(16-14-19)24-12-11-23-28-30-31-34(23)29-24/h3-12,17,19H,13-16H2,1-2H3. The van der Waals surface area contributed by atoms with Gasteiger partial charge in [-0.05, 0) is 71.1 Å². The van der Waals surface area contributed by atoms with E-state index in [4.69, 9.17) is 4.98 Å². The van der Waals surface area contributed by atoms with Crippen LogP contribution in [0, 0.1) is 5.92 Å². The lowest BCUT2D eigenvalue weighted by atomic mass is 9.95. The minimum atomic E-state index is -0.102. The Morgan fingerprint density at radius 3 is 2.56 bits per heavy atom. The summed E-state index contributed by atoms with van der Waals surface area (Å²) < 4.78 is 2.51. The van der Waals surface area contributed by atoms with E-state index in [0.717, 1.165) is 47.7 Å². The average molecular weight is 499 g/mol. The van der Waals surface area contributed by atoms with Gasteiger partial charge >= 0.3 is 0 Å². The van der Waals surface area contributed by atoms with Gasteiger partial charge in [-0.2, -0.15) is 0 Å². The molecular weight excluding hydrogens is 472 g/mol. The molecule has 9 nitrogen and oxygen atoms in total. The van der Waals surface area contributed by atoms with Crippen LogP contribution < -0.4 is 9.80 Å². The molecule has 6 rings (SSSR count). The van der Waals surface area contributed by atoms with E-state index in [2.05, 4.69) is 51.5 Å². The summed E-state index contributed by atoms with van der Waals surface area (Å²) in [6.07, 6.45) is 1.47. The smallest absolute Gasteiger partial charge is 0.236 e. The molecule has 1 saturated heterocycles. The van der Waals surface area contributed by atoms with Gasteiger partial charge in [0.25, 0.3) is 0 Å². The minimum absolute atomic E-state index is 0.0925. The van der Waals surface area contributed by atoms with Crippen molar-refractivity contribution in [2.24, 2.45) is 5.92 Å². The zero-order valence-corrected chi connectivity index (χ0v) is 21.0. The van der Waals surface area contributed by atoms with Gasteiger partial charge < -0.3 is 4.90 Å². The molecule has 182 valence electrons. The molecule has 0 bridgehead atoms. The molecule has 2 aromatic carbocycles. The summed E-state index contributed by atoms with van der Waals surface area (Å²) in [5.74, 6) is 1.23. The lowest BCUT2D eigenvalue weighted by Gasteiger charge is -2.34. The number of tetrazole rings is 1. The van der Waals surface area contributed by atoms with Crippen molar-refractivity contribution in [1.82, 2.24) is 30.2 Å². The van der Waals surface area contributed by atoms with Crippen LogP contribution in [0.3, 0.4) is 0 Å². The summed E-state index contributed by atoms with van der Waals surface area (Å²) in [5.41, 5.74) is 3.62. The topological polar surface area (TPSA) is 92.4 Å². The van der Waals surface area contributed by atoms with Crippen molar-refractivity contribution in [3.8, 4) is 0 Å². The van der Waals surface area contributed by atoms with Gasteiger partial charge in [0.15, 0.2) is 16.6 Å². The number of anilines is 3. The Morgan fingerprint density at radius 1 is 1.03 bits per heavy atom. The van der Waals surface area contributed by atoms with Gasteiger partial charge in [-0.1, -0.05) is 49.4 Å². The number of thiazole rings is 1. The number of carbonyl (C=O) groups excluding carboxylic acids is 1. The van der Waals surface area contributed by atoms with E-state index in [9.17, 15) is 4.79 Å². The van der Waals surface area contributed by atoms with Crippen LogP contribution in [0.5, 0.6) is 0 Å². The number of hydrogen-bond donors (Lipinski definition) is 0. The van der Waals surface area contributed by atoms with Gasteiger partial charge in [0, 0.05) is 19.0 Å². The van der Waals surface area contributed by atoms with Crippen molar-refractivity contribution in [1.29, 1.82) is 0 Å². The molecule has 5 aromatic rings. The number of rotatable bonds is 5. The van der Waals surface area contributed by atoms with Gasteiger partial charge in [0.1, 0.15) is 0 Å². The summed E-state index contributed by atoms with van der Waals surface area (Å²) in [6.45, 7) is 5.81. The second kappa shape index (κ2) is 9.27. The van der Waals surface area contributed by atoms with Gasteiger partial charge in [-0.15, -0.1) is 14.8 Å². The van der Waals surface area contributed by atoms with Gasteiger partial charge in [-0.25, -0.2) is 4.98 Å². The van der Waals surface area contributed by atoms with E-state index in [1.165, 1.54) is 10.2 Å². The second-order valence-electron chi connectivity index (χ2n) is 9.36. The Bertz CT molecular complexity index is 1490. The van der Waals surface area contributed by atoms with Gasteiger partial charge in [-0.3, -0.25) is 9.69 Å². The van der Waals surface area contributed by atoms with Crippen LogP contribution in [0.15, 0.2) is 60.7 Å². The molecule has 3 aromatic heterocycles. The van der Waals surface area contributed by atoms with Crippen molar-refractivity contribution < 1.29 is 4.79 Å². The van der Waals surface area contributed by atoms with E-state index >= 15 is 0 Å². The molecule has 36 heavy (non-hydrogen) atoms. The molecular formula is C26H26N8OS. The molecule has 0 saturated carbocycles. The molecule has 0 N–H and O–H groups in total. The molecule has 1 aliphatic heterocycles. The third-order valence-corrected chi connectivity index (χ3v) is 7.76. The van der Waals surface area contributed by atoms with Crippen molar-refractivity contribution in [3.63, 3.8) is 0 Å². The number of hydrogen-bond acceptors (Lipinski definition) is 8. The van der Waals surface area contributed by atoms with E-state index in [0.29, 0.717) is 16.7 Å². The molecule has 10 heteroatoms. The third-order valence-electron chi connectivity index (χ3n) is 6.74. The largest absolute Gasteiger partial charge is 0.355 e. The minimum Gasteiger partial charge on any atom is -0.355 e. The number of piperidine rings is 1. The second-order valence-corrected chi connectivity index (χ2v) is 10.4. The fourth-order valence-electron chi connectivity index (χ4n) is 4.64. The van der Waals surface area contributed by atoms with Crippen molar-refractivity contribution >= 4 is 49.7 Å². The maximum Gasteiger partial charge on any atom is 0.236 e. The number of para-hydroxylation sites is 1. The summed E-state index contributed by atoms with van der Waals surface area (Å²) in [6, 6.07) is 20.1. The number of benzene rings is 2. The summed E-state index contributed by atoms with van der Waals surface area (Å²) in [5, 5.41) is 16.7. The summed E-state index contributed by atoms with van der Waals surface area (Å²) in [4.78, 5) is 22.8. The number of aromatic nitrogens is 6. The highest BCUT2D eigenvalue weighted by Gasteiger charge is 2.32. The van der Waals surface area contributed by atoms with Crippen LogP contribution >= 0.6 is 11.3 Å². The number of carbonyl (C=O) groups is 1. The first kappa shape index (κ1) is 22.5. The van der Waals surface area contributed by atoms with Gasteiger partial charge in [0.05, 0.1) is 15.9 Å². The summed E-state index contributed by atoms with van der Waals surface area (Å²) >= 11 is 1.55. The SMILES string of the molecule is CC(C)c1ccc(N(C(=O)C2CCN(c3ccc4nnnn4n3)CC2)c2nc3ccccc3s2)cc1. The number of amides is 1. The van der Waals surface area contributed by atoms with Crippen LogP contribution in [0.2, 0.25) is 0 Å². The number of fused-ring (bicyclic) bond motifs is 2. The molecule has 1 fully saturated rings. The van der Waals surface area contributed by atoms with E-state index in [1.54, 1.807) is 11.3 Å². The predicted molar refractivity (Wildman–Crippen MR) is 141 cm³/mol. The highest BCUT2D eigenvalue weighted by Crippen LogP contribution is 2.36. The zero-order chi connectivity index (χ0) is 24.6. The maximum absolute atomic E-state index is 14.0. The normalized spacial score (nSPS) is 14.7. The molecule has 0 radical (unpaired) electrons. The lowest BCUT2D eigenvalue weighted by molar-refractivity contribution is -0.122. The molecule has 4 heterocycles. The highest BCUT2D eigenvalue weighted by molar-refractivity contribution is 7.22. The highest BCUT2D eigenvalue weighted by atomic mass is 32.1. The van der Waals surface area contributed by atoms with Crippen LogP contribution in [-0.4, -0.2) is 49.2 Å². The monoisotopic (exact) mass is 498 g/mol. The Labute approximate surface area is 212 Å². The van der Waals surface area contributed by atoms with Crippen LogP contribution in [-0.2, 0) is 4.79 Å². The van der Waals surface area contributed by atoms with E-state index < -0.39 is 0 Å². The maximum atomic E-state index is 14.0. The molecule has 0 atom stereocenters. The first-order valence-corrected chi connectivity index (χ1v) is 13.0. The quantitative estimate of drug-likeness (QED) is 0.343. The Kier molecular flexibility index (Phi) is 5.80. The Hall–Kier alpha value is -3.92. The average Bonchev–Trinajstić information content (AvgIpc) is 3.55. The lowest BCUT2D eigenvalue weighted by Crippen LogP contribution is -2.41. The molecule has 0 spiro atoms. The van der Waals surface area contributed by atoms with E-state index in [-0.39, 0.29) is 11.8 Å². The van der Waals surface area contributed by atoms with Crippen molar-refractivity contribution in [2.45, 2.75) is 32.6 Å². The van der Waals surface area contributed by atoms with Crippen molar-refractivity contribution in [2.75, 3.05) is 22.9 Å². The fraction of sp³-hybridized carbons (Fsp3) is 0.308. The molecule has 1 amide bonds. The third kappa shape index (κ3) is 4.17. The van der Waals surface area contributed by atoms with Crippen molar-refractivity contribution in [3.05, 3.63) is 66.2 Å².